The van der Waals surface area contributed by atoms with Gasteiger partial charge in [0.25, 0.3) is 0 Å². The third kappa shape index (κ3) is 3.63. The smallest absolute Gasteiger partial charge is 0.0644 e. The van der Waals surface area contributed by atoms with Gasteiger partial charge in [-0.25, -0.2) is 0 Å². The summed E-state index contributed by atoms with van der Waals surface area (Å²) in [4.78, 5) is 0. The van der Waals surface area contributed by atoms with E-state index in [9.17, 15) is 0 Å². The summed E-state index contributed by atoms with van der Waals surface area (Å²) < 4.78 is 2.13. The van der Waals surface area contributed by atoms with Gasteiger partial charge in [0.2, 0.25) is 0 Å². The molecule has 1 saturated carbocycles. The van der Waals surface area contributed by atoms with E-state index in [-0.39, 0.29) is 0 Å². The molecule has 0 amide bonds. The average molecular weight is 277 g/mol. The number of rotatable bonds is 4. The zero-order valence-electron chi connectivity index (χ0n) is 13.7. The molecule has 1 atom stereocenters. The Morgan fingerprint density at radius 3 is 2.30 bits per heavy atom. The van der Waals surface area contributed by atoms with Crippen molar-refractivity contribution in [1.29, 1.82) is 0 Å². The van der Waals surface area contributed by atoms with Crippen LogP contribution in [-0.2, 0) is 6.54 Å². The summed E-state index contributed by atoms with van der Waals surface area (Å²) in [5, 5.41) is 8.52. The van der Waals surface area contributed by atoms with E-state index in [1.807, 2.05) is 0 Å². The van der Waals surface area contributed by atoms with Crippen LogP contribution in [0.4, 0.5) is 0 Å². The zero-order valence-corrected chi connectivity index (χ0v) is 13.7. The average Bonchev–Trinajstić information content (AvgIpc) is 2.67. The molecule has 0 radical (unpaired) electrons. The minimum Gasteiger partial charge on any atom is -0.307 e. The predicted molar refractivity (Wildman–Crippen MR) is 85.0 cm³/mol. The highest BCUT2D eigenvalue weighted by molar-refractivity contribution is 5.27. The molecule has 0 aromatic carbocycles. The molecule has 1 fully saturated rings. The van der Waals surface area contributed by atoms with Crippen molar-refractivity contribution in [1.82, 2.24) is 15.1 Å². The van der Waals surface area contributed by atoms with E-state index >= 15 is 0 Å². The number of nitrogens with one attached hydrogen (secondary N) is 1. The number of hydrogen-bond donors (Lipinski definition) is 1. The third-order valence-electron chi connectivity index (χ3n) is 4.76. The van der Waals surface area contributed by atoms with Crippen molar-refractivity contribution in [2.45, 2.75) is 91.3 Å². The van der Waals surface area contributed by atoms with Crippen LogP contribution in [0.5, 0.6) is 0 Å². The maximum atomic E-state index is 4.65. The van der Waals surface area contributed by atoms with Gasteiger partial charge in [-0.15, -0.1) is 0 Å². The predicted octanol–water partition coefficient (Wildman–Crippen LogP) is 4.28. The van der Waals surface area contributed by atoms with Crippen molar-refractivity contribution in [3.05, 3.63) is 17.0 Å². The highest BCUT2D eigenvalue weighted by Crippen LogP contribution is 2.24. The number of aromatic nitrogens is 2. The number of aryl methyl sites for hydroxylation is 2. The fourth-order valence-electron chi connectivity index (χ4n) is 3.71. The Kier molecular flexibility index (Phi) is 5.64. The minimum atomic E-state index is 0.416. The molecule has 1 aliphatic carbocycles. The van der Waals surface area contributed by atoms with Gasteiger partial charge in [-0.3, -0.25) is 4.68 Å². The zero-order chi connectivity index (χ0) is 14.5. The van der Waals surface area contributed by atoms with Crippen LogP contribution < -0.4 is 5.32 Å². The van der Waals surface area contributed by atoms with Gasteiger partial charge < -0.3 is 5.32 Å². The van der Waals surface area contributed by atoms with Gasteiger partial charge in [-0.05, 0) is 40.5 Å². The van der Waals surface area contributed by atoms with Crippen LogP contribution >= 0.6 is 0 Å². The van der Waals surface area contributed by atoms with Gasteiger partial charge in [-0.1, -0.05) is 32.1 Å². The fourth-order valence-corrected chi connectivity index (χ4v) is 3.71. The van der Waals surface area contributed by atoms with Crippen LogP contribution in [0.2, 0.25) is 0 Å². The molecule has 114 valence electrons. The molecule has 0 spiro atoms. The summed E-state index contributed by atoms with van der Waals surface area (Å²) in [5.74, 6) is 0. The first-order valence-electron chi connectivity index (χ1n) is 8.43. The molecule has 20 heavy (non-hydrogen) atoms. The molecule has 1 aromatic heterocycles. The van der Waals surface area contributed by atoms with Crippen LogP contribution in [0.25, 0.3) is 0 Å². The second-order valence-corrected chi connectivity index (χ2v) is 6.33. The first-order chi connectivity index (χ1) is 9.63. The SMILES string of the molecule is CCn1nc(C)c(C(C)NC2CCCCCCC2)c1C. The molecule has 0 saturated heterocycles. The summed E-state index contributed by atoms with van der Waals surface area (Å²) in [6.45, 7) is 9.77. The van der Waals surface area contributed by atoms with E-state index in [4.69, 9.17) is 0 Å². The molecule has 3 heteroatoms. The largest absolute Gasteiger partial charge is 0.307 e. The molecule has 1 unspecified atom stereocenters. The van der Waals surface area contributed by atoms with Crippen molar-refractivity contribution < 1.29 is 0 Å². The highest BCUT2D eigenvalue weighted by Gasteiger charge is 2.20. The quantitative estimate of drug-likeness (QED) is 0.890. The van der Waals surface area contributed by atoms with Crippen LogP contribution in [0.1, 0.15) is 81.8 Å². The summed E-state index contributed by atoms with van der Waals surface area (Å²) >= 11 is 0. The minimum absolute atomic E-state index is 0.416. The Morgan fingerprint density at radius 1 is 1.15 bits per heavy atom. The topological polar surface area (TPSA) is 29.9 Å². The first kappa shape index (κ1) is 15.6. The second kappa shape index (κ2) is 7.26. The third-order valence-corrected chi connectivity index (χ3v) is 4.76. The Labute approximate surface area is 124 Å². The van der Waals surface area contributed by atoms with Crippen molar-refractivity contribution in [3.8, 4) is 0 Å². The van der Waals surface area contributed by atoms with Gasteiger partial charge in [0.05, 0.1) is 5.69 Å². The lowest BCUT2D eigenvalue weighted by Gasteiger charge is -2.25. The fraction of sp³-hybridized carbons (Fsp3) is 0.824. The van der Waals surface area contributed by atoms with Crippen molar-refractivity contribution >= 4 is 0 Å². The lowest BCUT2D eigenvalue weighted by atomic mass is 9.95. The van der Waals surface area contributed by atoms with E-state index in [1.54, 1.807) is 0 Å². The number of hydrogen-bond acceptors (Lipinski definition) is 2. The van der Waals surface area contributed by atoms with Crippen molar-refractivity contribution in [2.75, 3.05) is 0 Å². The molecule has 1 heterocycles. The maximum absolute atomic E-state index is 4.65. The summed E-state index contributed by atoms with van der Waals surface area (Å²) in [6.07, 6.45) is 9.71. The van der Waals surface area contributed by atoms with Crippen LogP contribution in [-0.4, -0.2) is 15.8 Å². The highest BCUT2D eigenvalue weighted by atomic mass is 15.3. The van der Waals surface area contributed by atoms with E-state index in [1.165, 1.54) is 61.9 Å². The molecular weight excluding hydrogens is 246 g/mol. The van der Waals surface area contributed by atoms with Crippen molar-refractivity contribution in [2.24, 2.45) is 0 Å². The molecule has 0 bridgehead atoms. The molecule has 0 aliphatic heterocycles. The van der Waals surface area contributed by atoms with E-state index in [2.05, 4.69) is 42.8 Å². The molecule has 1 aromatic rings. The Balaban J connectivity index is 2.03. The molecule has 1 aliphatic rings. The normalized spacial score (nSPS) is 19.6. The van der Waals surface area contributed by atoms with Crippen LogP contribution in [0.3, 0.4) is 0 Å². The maximum Gasteiger partial charge on any atom is 0.0644 e. The van der Waals surface area contributed by atoms with Gasteiger partial charge in [0.15, 0.2) is 0 Å². The molecule has 3 nitrogen and oxygen atoms in total. The monoisotopic (exact) mass is 277 g/mol. The van der Waals surface area contributed by atoms with Gasteiger partial charge in [-0.2, -0.15) is 5.10 Å². The summed E-state index contributed by atoms with van der Waals surface area (Å²) in [6, 6.07) is 1.11. The summed E-state index contributed by atoms with van der Waals surface area (Å²) in [7, 11) is 0. The standard InChI is InChI=1S/C17H31N3/c1-5-20-15(4)17(14(3)19-20)13(2)18-16-11-9-7-6-8-10-12-16/h13,16,18H,5-12H2,1-4H3. The molecule has 1 N–H and O–H groups in total. The van der Waals surface area contributed by atoms with Crippen molar-refractivity contribution in [3.63, 3.8) is 0 Å². The van der Waals surface area contributed by atoms with Crippen LogP contribution in [0, 0.1) is 13.8 Å². The lowest BCUT2D eigenvalue weighted by molar-refractivity contribution is 0.362. The van der Waals surface area contributed by atoms with Gasteiger partial charge in [0.1, 0.15) is 0 Å². The molecule has 2 rings (SSSR count). The number of nitrogens with zero attached hydrogens (tertiary/aromatic N) is 2. The Bertz CT molecular complexity index is 414. The lowest BCUT2D eigenvalue weighted by Crippen LogP contribution is -2.32. The van der Waals surface area contributed by atoms with Crippen LogP contribution in [0.15, 0.2) is 0 Å². The Morgan fingerprint density at radius 2 is 1.75 bits per heavy atom. The second-order valence-electron chi connectivity index (χ2n) is 6.33. The van der Waals surface area contributed by atoms with E-state index < -0.39 is 0 Å². The first-order valence-corrected chi connectivity index (χ1v) is 8.43. The van der Waals surface area contributed by atoms with Gasteiger partial charge >= 0.3 is 0 Å². The summed E-state index contributed by atoms with van der Waals surface area (Å²) in [5.41, 5.74) is 3.93. The van der Waals surface area contributed by atoms with Gasteiger partial charge in [0, 0.05) is 29.9 Å². The molecular formula is C17H31N3. The van der Waals surface area contributed by atoms with E-state index in [0.29, 0.717) is 12.1 Å². The Hall–Kier alpha value is -0.830. The van der Waals surface area contributed by atoms with E-state index in [0.717, 1.165) is 6.54 Å².